The van der Waals surface area contributed by atoms with E-state index < -0.39 is 0 Å². The van der Waals surface area contributed by atoms with Gasteiger partial charge < -0.3 is 10.5 Å². The van der Waals surface area contributed by atoms with Gasteiger partial charge in [0.25, 0.3) is 0 Å². The minimum atomic E-state index is -0.228. The molecular formula is C14H29NO. The van der Waals surface area contributed by atoms with Crippen molar-refractivity contribution in [2.24, 2.45) is 5.73 Å². The predicted molar refractivity (Wildman–Crippen MR) is 70.5 cm³/mol. The minimum Gasteiger partial charge on any atom is -0.322 e. The molecule has 0 saturated heterocycles. The lowest BCUT2D eigenvalue weighted by Crippen LogP contribution is -2.20. The first-order valence-corrected chi connectivity index (χ1v) is 7.02. The Morgan fingerprint density at radius 3 is 1.75 bits per heavy atom. The number of aldehydes is 1. The van der Waals surface area contributed by atoms with Crippen LogP contribution in [0.4, 0.5) is 0 Å². The molecule has 1 unspecified atom stereocenters. The highest BCUT2D eigenvalue weighted by Gasteiger charge is 1.98. The van der Waals surface area contributed by atoms with Gasteiger partial charge in [0.1, 0.15) is 6.29 Å². The van der Waals surface area contributed by atoms with Gasteiger partial charge in [-0.3, -0.25) is 0 Å². The summed E-state index contributed by atoms with van der Waals surface area (Å²) in [6, 6.07) is -0.228. The van der Waals surface area contributed by atoms with Crippen LogP contribution in [0.5, 0.6) is 0 Å². The van der Waals surface area contributed by atoms with E-state index in [1.165, 1.54) is 57.8 Å². The van der Waals surface area contributed by atoms with Crippen LogP contribution in [0.3, 0.4) is 0 Å². The maximum atomic E-state index is 10.3. The zero-order valence-corrected chi connectivity index (χ0v) is 10.9. The fourth-order valence-corrected chi connectivity index (χ4v) is 1.94. The molecule has 0 heterocycles. The molecule has 2 heteroatoms. The zero-order valence-electron chi connectivity index (χ0n) is 10.9. The number of rotatable bonds is 12. The van der Waals surface area contributed by atoms with E-state index in [1.54, 1.807) is 0 Å². The SMILES string of the molecule is CCCCCCCCCCCCC(N)C=O. The molecule has 0 fully saturated rings. The van der Waals surface area contributed by atoms with E-state index in [2.05, 4.69) is 6.92 Å². The molecule has 0 aliphatic carbocycles. The summed E-state index contributed by atoms with van der Waals surface area (Å²) in [5.41, 5.74) is 5.51. The number of nitrogens with two attached hydrogens (primary N) is 1. The molecule has 0 radical (unpaired) electrons. The molecule has 2 N–H and O–H groups in total. The highest BCUT2D eigenvalue weighted by molar-refractivity contribution is 5.56. The Kier molecular flexibility index (Phi) is 12.4. The van der Waals surface area contributed by atoms with E-state index in [4.69, 9.17) is 5.73 Å². The van der Waals surface area contributed by atoms with Crippen molar-refractivity contribution in [2.45, 2.75) is 83.6 Å². The Morgan fingerprint density at radius 2 is 1.31 bits per heavy atom. The van der Waals surface area contributed by atoms with E-state index in [0.717, 1.165) is 19.1 Å². The first kappa shape index (κ1) is 15.6. The normalized spacial score (nSPS) is 12.6. The van der Waals surface area contributed by atoms with Crippen LogP contribution in [-0.2, 0) is 4.79 Å². The summed E-state index contributed by atoms with van der Waals surface area (Å²) in [6.45, 7) is 2.25. The average Bonchev–Trinajstić information content (AvgIpc) is 2.31. The monoisotopic (exact) mass is 227 g/mol. The van der Waals surface area contributed by atoms with Crippen LogP contribution in [0.25, 0.3) is 0 Å². The van der Waals surface area contributed by atoms with Crippen LogP contribution in [-0.4, -0.2) is 12.3 Å². The summed E-state index contributed by atoms with van der Waals surface area (Å²) in [7, 11) is 0. The van der Waals surface area contributed by atoms with Crippen LogP contribution in [0.1, 0.15) is 77.6 Å². The van der Waals surface area contributed by atoms with E-state index >= 15 is 0 Å². The van der Waals surface area contributed by atoms with Crippen molar-refractivity contribution in [3.8, 4) is 0 Å². The maximum absolute atomic E-state index is 10.3. The molecule has 16 heavy (non-hydrogen) atoms. The quantitative estimate of drug-likeness (QED) is 0.407. The summed E-state index contributed by atoms with van der Waals surface area (Å²) in [5, 5.41) is 0. The molecular weight excluding hydrogens is 198 g/mol. The van der Waals surface area contributed by atoms with Crippen molar-refractivity contribution >= 4 is 6.29 Å². The predicted octanol–water partition coefficient (Wildman–Crippen LogP) is 3.82. The Balaban J connectivity index is 2.96. The third kappa shape index (κ3) is 11.7. The maximum Gasteiger partial charge on any atom is 0.136 e. The van der Waals surface area contributed by atoms with Crippen LogP contribution < -0.4 is 5.73 Å². The average molecular weight is 227 g/mol. The first-order chi connectivity index (χ1) is 7.81. The molecule has 0 bridgehead atoms. The minimum absolute atomic E-state index is 0.228. The first-order valence-electron chi connectivity index (χ1n) is 7.02. The van der Waals surface area contributed by atoms with Gasteiger partial charge in [-0.1, -0.05) is 71.1 Å². The second-order valence-corrected chi connectivity index (χ2v) is 4.77. The lowest BCUT2D eigenvalue weighted by molar-refractivity contribution is -0.109. The fourth-order valence-electron chi connectivity index (χ4n) is 1.94. The van der Waals surface area contributed by atoms with Crippen LogP contribution in [0.2, 0.25) is 0 Å². The highest BCUT2D eigenvalue weighted by atomic mass is 16.1. The van der Waals surface area contributed by atoms with Gasteiger partial charge in [0.2, 0.25) is 0 Å². The Hall–Kier alpha value is -0.370. The third-order valence-corrected chi connectivity index (χ3v) is 3.07. The molecule has 0 aliphatic rings. The van der Waals surface area contributed by atoms with Crippen LogP contribution in [0.15, 0.2) is 0 Å². The third-order valence-electron chi connectivity index (χ3n) is 3.07. The van der Waals surface area contributed by atoms with Gasteiger partial charge in [-0.05, 0) is 6.42 Å². The summed E-state index contributed by atoms with van der Waals surface area (Å²) in [5.74, 6) is 0. The van der Waals surface area contributed by atoms with Gasteiger partial charge in [0.15, 0.2) is 0 Å². The van der Waals surface area contributed by atoms with E-state index in [0.29, 0.717) is 0 Å². The molecule has 1 atom stereocenters. The van der Waals surface area contributed by atoms with E-state index in [9.17, 15) is 4.79 Å². The van der Waals surface area contributed by atoms with Gasteiger partial charge in [-0.25, -0.2) is 0 Å². The molecule has 0 amide bonds. The van der Waals surface area contributed by atoms with Crippen molar-refractivity contribution in [3.63, 3.8) is 0 Å². The summed E-state index contributed by atoms with van der Waals surface area (Å²) < 4.78 is 0. The largest absolute Gasteiger partial charge is 0.322 e. The van der Waals surface area contributed by atoms with E-state index in [-0.39, 0.29) is 6.04 Å². The number of hydrogen-bond acceptors (Lipinski definition) is 2. The molecule has 0 aliphatic heterocycles. The van der Waals surface area contributed by atoms with Gasteiger partial charge in [-0.15, -0.1) is 0 Å². The number of carbonyl (C=O) groups excluding carboxylic acids is 1. The lowest BCUT2D eigenvalue weighted by Gasteiger charge is -2.04. The van der Waals surface area contributed by atoms with Gasteiger partial charge in [0.05, 0.1) is 6.04 Å². The van der Waals surface area contributed by atoms with Crippen LogP contribution >= 0.6 is 0 Å². The van der Waals surface area contributed by atoms with E-state index in [1.807, 2.05) is 0 Å². The summed E-state index contributed by atoms with van der Waals surface area (Å²) in [4.78, 5) is 10.3. The van der Waals surface area contributed by atoms with Gasteiger partial charge >= 0.3 is 0 Å². The molecule has 0 aromatic heterocycles. The molecule has 0 rings (SSSR count). The van der Waals surface area contributed by atoms with Crippen molar-refractivity contribution in [3.05, 3.63) is 0 Å². The van der Waals surface area contributed by atoms with Crippen molar-refractivity contribution in [1.29, 1.82) is 0 Å². The highest BCUT2D eigenvalue weighted by Crippen LogP contribution is 2.11. The Morgan fingerprint density at radius 1 is 0.875 bits per heavy atom. The number of unbranched alkanes of at least 4 members (excludes halogenated alkanes) is 9. The zero-order chi connectivity index (χ0) is 12.1. The standard InChI is InChI=1S/C14H29NO/c1-2-3-4-5-6-7-8-9-10-11-12-14(15)13-16/h13-14H,2-12,15H2,1H3. The molecule has 0 aromatic carbocycles. The molecule has 0 aromatic rings. The van der Waals surface area contributed by atoms with Crippen molar-refractivity contribution in [2.75, 3.05) is 0 Å². The second kappa shape index (κ2) is 12.7. The molecule has 2 nitrogen and oxygen atoms in total. The van der Waals surface area contributed by atoms with Gasteiger partial charge in [0, 0.05) is 0 Å². The summed E-state index contributed by atoms with van der Waals surface area (Å²) in [6.07, 6.45) is 15.0. The van der Waals surface area contributed by atoms with Crippen molar-refractivity contribution < 1.29 is 4.79 Å². The lowest BCUT2D eigenvalue weighted by atomic mass is 10.0. The molecule has 96 valence electrons. The second-order valence-electron chi connectivity index (χ2n) is 4.77. The smallest absolute Gasteiger partial charge is 0.136 e. The van der Waals surface area contributed by atoms with Crippen molar-refractivity contribution in [1.82, 2.24) is 0 Å². The molecule has 0 saturated carbocycles. The Labute approximate surface area is 101 Å². The topological polar surface area (TPSA) is 43.1 Å². The number of carbonyl (C=O) groups is 1. The Bertz CT molecular complexity index is 148. The van der Waals surface area contributed by atoms with Gasteiger partial charge in [-0.2, -0.15) is 0 Å². The van der Waals surface area contributed by atoms with Crippen LogP contribution in [0, 0.1) is 0 Å². The fraction of sp³-hybridized carbons (Fsp3) is 0.929. The summed E-state index contributed by atoms with van der Waals surface area (Å²) >= 11 is 0. The molecule has 0 spiro atoms. The number of hydrogen-bond donors (Lipinski definition) is 1.